The number of alkyl halides is 3. The van der Waals surface area contributed by atoms with Crippen molar-refractivity contribution in [2.45, 2.75) is 25.6 Å². The molecule has 9 heteroatoms. The number of hydrogen-bond acceptors (Lipinski definition) is 4. The minimum atomic E-state index is -4.57. The van der Waals surface area contributed by atoms with E-state index in [-0.39, 0.29) is 36.4 Å². The zero-order valence-corrected chi connectivity index (χ0v) is 15.4. The predicted octanol–water partition coefficient (Wildman–Crippen LogP) is 1.87. The van der Waals surface area contributed by atoms with Crippen molar-refractivity contribution in [1.82, 2.24) is 16.0 Å². The Morgan fingerprint density at radius 1 is 1.18 bits per heavy atom. The largest absolute Gasteiger partial charge is 0.489 e. The fraction of sp³-hybridized carbons (Fsp3) is 0.474. The molecule has 1 fully saturated rings. The summed E-state index contributed by atoms with van der Waals surface area (Å²) in [7, 11) is 0. The number of nitrogens with one attached hydrogen (secondary N) is 3. The van der Waals surface area contributed by atoms with Gasteiger partial charge in [-0.15, -0.1) is 0 Å². The predicted molar refractivity (Wildman–Crippen MR) is 95.9 cm³/mol. The van der Waals surface area contributed by atoms with Gasteiger partial charge in [-0.05, 0) is 31.5 Å². The van der Waals surface area contributed by atoms with Crippen LogP contribution in [0.3, 0.4) is 0 Å². The Labute approximate surface area is 160 Å². The second-order valence-corrected chi connectivity index (χ2v) is 7.16. The summed E-state index contributed by atoms with van der Waals surface area (Å²) in [6, 6.07) is 2.44. The molecule has 0 aromatic heterocycles. The molecule has 1 aromatic carbocycles. The summed E-state index contributed by atoms with van der Waals surface area (Å²) in [6.07, 6.45) is -0.530. The maximum absolute atomic E-state index is 13.0. The monoisotopic (exact) mass is 397 g/mol. The van der Waals surface area contributed by atoms with Crippen molar-refractivity contribution >= 4 is 11.8 Å². The Hall–Kier alpha value is -2.55. The maximum atomic E-state index is 13.0. The van der Waals surface area contributed by atoms with Crippen molar-refractivity contribution in [2.24, 2.45) is 5.41 Å². The lowest BCUT2D eigenvalue weighted by atomic mass is 9.77. The first-order valence-corrected chi connectivity index (χ1v) is 9.00. The summed E-state index contributed by atoms with van der Waals surface area (Å²) in [4.78, 5) is 25.1. The first kappa shape index (κ1) is 20.2. The van der Waals surface area contributed by atoms with Crippen molar-refractivity contribution in [1.29, 1.82) is 0 Å². The fourth-order valence-corrected chi connectivity index (χ4v) is 3.12. The Morgan fingerprint density at radius 3 is 2.57 bits per heavy atom. The molecule has 2 amide bonds. The molecule has 152 valence electrons. The van der Waals surface area contributed by atoms with Gasteiger partial charge in [-0.1, -0.05) is 12.2 Å². The number of carbonyl (C=O) groups is 2. The molecule has 1 saturated heterocycles. The van der Waals surface area contributed by atoms with E-state index in [0.717, 1.165) is 18.2 Å². The number of ether oxygens (including phenoxy) is 1. The van der Waals surface area contributed by atoms with Gasteiger partial charge in [0.1, 0.15) is 12.4 Å². The number of fused-ring (bicyclic) bond motifs is 1. The second kappa shape index (κ2) is 7.83. The van der Waals surface area contributed by atoms with Gasteiger partial charge >= 0.3 is 6.18 Å². The van der Waals surface area contributed by atoms with Crippen LogP contribution in [0.4, 0.5) is 13.2 Å². The molecule has 1 aromatic rings. The molecule has 0 radical (unpaired) electrons. The molecule has 2 aliphatic rings. The number of amides is 2. The molecular weight excluding hydrogens is 375 g/mol. The van der Waals surface area contributed by atoms with E-state index in [9.17, 15) is 22.8 Å². The van der Waals surface area contributed by atoms with Gasteiger partial charge in [0.05, 0.1) is 16.5 Å². The first-order chi connectivity index (χ1) is 13.2. The third-order valence-corrected chi connectivity index (χ3v) is 4.92. The molecule has 0 aliphatic carbocycles. The van der Waals surface area contributed by atoms with Crippen molar-refractivity contribution in [3.05, 3.63) is 41.5 Å². The molecule has 3 N–H and O–H groups in total. The van der Waals surface area contributed by atoms with E-state index >= 15 is 0 Å². The van der Waals surface area contributed by atoms with E-state index in [1.165, 1.54) is 0 Å². The Kier molecular flexibility index (Phi) is 5.64. The highest BCUT2D eigenvalue weighted by Gasteiger charge is 2.43. The minimum absolute atomic E-state index is 0.0731. The van der Waals surface area contributed by atoms with E-state index in [4.69, 9.17) is 4.74 Å². The molecule has 0 bridgehead atoms. The quantitative estimate of drug-likeness (QED) is 0.584. The van der Waals surface area contributed by atoms with Crippen LogP contribution in [0.15, 0.2) is 30.4 Å². The SMILES string of the molecule is C[C@@H]1CNC(=O)c2cc(C(F)(F)F)ccc2OC/C=C/CC2(CNC2)C(=O)N1. The van der Waals surface area contributed by atoms with Gasteiger partial charge in [0.15, 0.2) is 0 Å². The average molecular weight is 397 g/mol. The summed E-state index contributed by atoms with van der Waals surface area (Å²) in [5.74, 6) is -0.734. The normalized spacial score (nSPS) is 24.1. The summed E-state index contributed by atoms with van der Waals surface area (Å²) >= 11 is 0. The average Bonchev–Trinajstić information content (AvgIpc) is 2.59. The van der Waals surface area contributed by atoms with Gasteiger partial charge in [0.25, 0.3) is 5.91 Å². The lowest BCUT2D eigenvalue weighted by Crippen LogP contribution is -2.62. The zero-order valence-electron chi connectivity index (χ0n) is 15.4. The van der Waals surface area contributed by atoms with Crippen LogP contribution in [0.5, 0.6) is 5.75 Å². The van der Waals surface area contributed by atoms with Gasteiger partial charge < -0.3 is 20.7 Å². The highest BCUT2D eigenvalue weighted by molar-refractivity contribution is 5.97. The smallest absolute Gasteiger partial charge is 0.416 e. The van der Waals surface area contributed by atoms with Crippen molar-refractivity contribution < 1.29 is 27.5 Å². The van der Waals surface area contributed by atoms with E-state index in [1.54, 1.807) is 13.0 Å². The fourth-order valence-electron chi connectivity index (χ4n) is 3.12. The number of rotatable bonds is 0. The molecule has 2 aliphatic heterocycles. The summed E-state index contributed by atoms with van der Waals surface area (Å²) < 4.78 is 44.5. The molecule has 28 heavy (non-hydrogen) atoms. The third kappa shape index (κ3) is 4.30. The Morgan fingerprint density at radius 2 is 1.93 bits per heavy atom. The van der Waals surface area contributed by atoms with Crippen molar-refractivity contribution in [3.63, 3.8) is 0 Å². The highest BCUT2D eigenvalue weighted by atomic mass is 19.4. The number of benzene rings is 1. The van der Waals surface area contributed by atoms with Crippen molar-refractivity contribution in [3.8, 4) is 5.75 Å². The standard InChI is InChI=1S/C19H22F3N3O3/c1-12-9-24-16(26)14-8-13(19(20,21)22)4-5-15(14)28-7-3-2-6-18(10-23-11-18)17(27)25-12/h2-5,8,12,23H,6-7,9-11H2,1H3,(H,24,26)(H,25,27)/b3-2+/t12-/m1/s1. The van der Waals surface area contributed by atoms with Crippen LogP contribution in [0.2, 0.25) is 0 Å². The van der Waals surface area contributed by atoms with E-state index in [1.807, 2.05) is 6.08 Å². The topological polar surface area (TPSA) is 79.5 Å². The summed E-state index contributed by atoms with van der Waals surface area (Å²) in [6.45, 7) is 3.01. The minimum Gasteiger partial charge on any atom is -0.489 e. The third-order valence-electron chi connectivity index (χ3n) is 4.92. The van der Waals surface area contributed by atoms with Crippen LogP contribution in [0, 0.1) is 5.41 Å². The van der Waals surface area contributed by atoms with Crippen LogP contribution in [0.1, 0.15) is 29.3 Å². The number of allylic oxidation sites excluding steroid dienone is 1. The highest BCUT2D eigenvalue weighted by Crippen LogP contribution is 2.33. The van der Waals surface area contributed by atoms with Gasteiger partial charge in [-0.3, -0.25) is 9.59 Å². The number of halogens is 3. The molecule has 2 heterocycles. The van der Waals surface area contributed by atoms with E-state index < -0.39 is 23.1 Å². The van der Waals surface area contributed by atoms with Crippen LogP contribution in [-0.4, -0.2) is 44.1 Å². The van der Waals surface area contributed by atoms with Crippen LogP contribution in [-0.2, 0) is 11.0 Å². The molecule has 1 atom stereocenters. The molecule has 6 nitrogen and oxygen atoms in total. The van der Waals surface area contributed by atoms with Gasteiger partial charge in [0.2, 0.25) is 5.91 Å². The maximum Gasteiger partial charge on any atom is 0.416 e. The van der Waals surface area contributed by atoms with Crippen LogP contribution in [0.25, 0.3) is 0 Å². The molecule has 0 saturated carbocycles. The van der Waals surface area contributed by atoms with Crippen LogP contribution < -0.4 is 20.7 Å². The van der Waals surface area contributed by atoms with Gasteiger partial charge in [-0.25, -0.2) is 0 Å². The van der Waals surface area contributed by atoms with E-state index in [0.29, 0.717) is 19.5 Å². The first-order valence-electron chi connectivity index (χ1n) is 9.00. The molecular formula is C19H22F3N3O3. The Bertz CT molecular complexity index is 788. The van der Waals surface area contributed by atoms with Gasteiger partial charge in [-0.2, -0.15) is 13.2 Å². The second-order valence-electron chi connectivity index (χ2n) is 7.16. The molecule has 1 spiro atoms. The number of carbonyl (C=O) groups excluding carboxylic acids is 2. The van der Waals surface area contributed by atoms with Crippen molar-refractivity contribution in [2.75, 3.05) is 26.2 Å². The van der Waals surface area contributed by atoms with Gasteiger partial charge in [0, 0.05) is 25.7 Å². The summed E-state index contributed by atoms with van der Waals surface area (Å²) in [5.41, 5.74) is -1.65. The Balaban J connectivity index is 1.86. The van der Waals surface area contributed by atoms with E-state index in [2.05, 4.69) is 16.0 Å². The molecule has 3 rings (SSSR count). The summed E-state index contributed by atoms with van der Waals surface area (Å²) in [5, 5.41) is 8.54. The lowest BCUT2D eigenvalue weighted by molar-refractivity contribution is -0.137. The lowest BCUT2D eigenvalue weighted by Gasteiger charge is -2.41. The van der Waals surface area contributed by atoms with Crippen LogP contribution >= 0.6 is 0 Å². The molecule has 0 unspecified atom stereocenters. The zero-order chi connectivity index (χ0) is 20.4. The number of hydrogen-bond donors (Lipinski definition) is 3.